The monoisotopic (exact) mass is 316 g/mol. The molecule has 22 heavy (non-hydrogen) atoms. The van der Waals surface area contributed by atoms with Crippen molar-refractivity contribution in [3.8, 4) is 0 Å². The van der Waals surface area contributed by atoms with Gasteiger partial charge in [-0.1, -0.05) is 12.2 Å². The normalized spacial score (nSPS) is 40.2. The average molecular weight is 316 g/mol. The van der Waals surface area contributed by atoms with Crippen LogP contribution in [0.4, 0.5) is 0 Å². The molecular weight excluding hydrogens is 292 g/mol. The first-order valence-electron chi connectivity index (χ1n) is 7.52. The van der Waals surface area contributed by atoms with Gasteiger partial charge in [0.1, 0.15) is 30.5 Å². The Balaban J connectivity index is 2.02. The molecule has 0 saturated carbocycles. The predicted octanol–water partition coefficient (Wildman–Crippen LogP) is -0.477. The molecule has 0 amide bonds. The van der Waals surface area contributed by atoms with Crippen LogP contribution in [-0.4, -0.2) is 71.1 Å². The molecule has 7 nitrogen and oxygen atoms in total. The highest BCUT2D eigenvalue weighted by Gasteiger charge is 2.49. The van der Waals surface area contributed by atoms with Gasteiger partial charge in [-0.2, -0.15) is 0 Å². The van der Waals surface area contributed by atoms with Gasteiger partial charge in [0.2, 0.25) is 0 Å². The van der Waals surface area contributed by atoms with E-state index in [2.05, 4.69) is 4.74 Å². The number of ether oxygens (including phenoxy) is 3. The molecule has 3 N–H and O–H groups in total. The molecule has 2 rings (SSSR count). The topological polar surface area (TPSA) is 105 Å². The van der Waals surface area contributed by atoms with Gasteiger partial charge in [0.15, 0.2) is 0 Å². The van der Waals surface area contributed by atoms with Gasteiger partial charge in [0.25, 0.3) is 0 Å². The van der Waals surface area contributed by atoms with Gasteiger partial charge >= 0.3 is 5.97 Å². The minimum absolute atomic E-state index is 0.104. The molecule has 0 bridgehead atoms. The summed E-state index contributed by atoms with van der Waals surface area (Å²) in [4.78, 5) is 11.3. The second-order valence-corrected chi connectivity index (χ2v) is 5.72. The number of methoxy groups -OCH3 is 1. The molecule has 126 valence electrons. The number of carbonyl (C=O) groups excluding carboxylic acids is 1. The highest BCUT2D eigenvalue weighted by Crippen LogP contribution is 2.34. The van der Waals surface area contributed by atoms with E-state index in [1.807, 2.05) is 0 Å². The number of aliphatic hydroxyl groups excluding tert-OH is 3. The third kappa shape index (κ3) is 3.67. The highest BCUT2D eigenvalue weighted by atomic mass is 16.6. The number of carbonyl (C=O) groups is 1. The van der Waals surface area contributed by atoms with Crippen molar-refractivity contribution in [2.45, 2.75) is 68.9 Å². The molecule has 2 saturated heterocycles. The van der Waals surface area contributed by atoms with Gasteiger partial charge in [-0.15, -0.1) is 0 Å². The SMILES string of the molecule is C/C=C/[C@H](O)[C@@H]1O[C@H]2CC[C@H](CC(=O)OC)O[C@@H]2[C@H](O)[C@@H]1O. The Morgan fingerprint density at radius 3 is 2.68 bits per heavy atom. The van der Waals surface area contributed by atoms with Crippen molar-refractivity contribution in [1.29, 1.82) is 0 Å². The van der Waals surface area contributed by atoms with Crippen molar-refractivity contribution in [3.63, 3.8) is 0 Å². The van der Waals surface area contributed by atoms with Crippen LogP contribution in [0.3, 0.4) is 0 Å². The standard InChI is InChI=1S/C15H24O7/c1-3-4-9(16)14-12(18)13(19)15-10(22-14)6-5-8(21-15)7-11(17)20-2/h3-4,8-10,12-16,18-19H,5-7H2,1-2H3/b4-3+/t8-,9+,10+,12+,13-,14+,15+/m1/s1. The van der Waals surface area contributed by atoms with Gasteiger partial charge in [-0.05, 0) is 19.8 Å². The molecule has 0 aliphatic carbocycles. The number of aliphatic hydroxyl groups is 3. The molecule has 2 fully saturated rings. The van der Waals surface area contributed by atoms with Crippen LogP contribution in [0.1, 0.15) is 26.2 Å². The lowest BCUT2D eigenvalue weighted by atomic mass is 9.87. The maximum Gasteiger partial charge on any atom is 0.308 e. The number of allylic oxidation sites excluding steroid dienone is 1. The Morgan fingerprint density at radius 1 is 1.32 bits per heavy atom. The van der Waals surface area contributed by atoms with E-state index in [9.17, 15) is 20.1 Å². The van der Waals surface area contributed by atoms with E-state index in [-0.39, 0.29) is 18.5 Å². The van der Waals surface area contributed by atoms with Crippen molar-refractivity contribution in [2.75, 3.05) is 7.11 Å². The fraction of sp³-hybridized carbons (Fsp3) is 0.800. The van der Waals surface area contributed by atoms with Gasteiger partial charge in [-0.3, -0.25) is 4.79 Å². The highest BCUT2D eigenvalue weighted by molar-refractivity contribution is 5.69. The van der Waals surface area contributed by atoms with Gasteiger partial charge in [-0.25, -0.2) is 0 Å². The van der Waals surface area contributed by atoms with Crippen LogP contribution in [0.15, 0.2) is 12.2 Å². The summed E-state index contributed by atoms with van der Waals surface area (Å²) >= 11 is 0. The molecule has 0 aromatic rings. The van der Waals surface area contributed by atoms with Crippen molar-refractivity contribution in [3.05, 3.63) is 12.2 Å². The Bertz CT molecular complexity index is 409. The summed E-state index contributed by atoms with van der Waals surface area (Å²) in [6.07, 6.45) is -1.40. The molecule has 0 aromatic carbocycles. The van der Waals surface area contributed by atoms with Crippen molar-refractivity contribution < 1.29 is 34.3 Å². The first-order chi connectivity index (χ1) is 10.5. The van der Waals surface area contributed by atoms with E-state index in [1.54, 1.807) is 13.0 Å². The Labute approximate surface area is 129 Å². The van der Waals surface area contributed by atoms with Crippen LogP contribution in [-0.2, 0) is 19.0 Å². The largest absolute Gasteiger partial charge is 0.469 e. The van der Waals surface area contributed by atoms with E-state index >= 15 is 0 Å². The third-order valence-electron chi connectivity index (χ3n) is 4.19. The van der Waals surface area contributed by atoms with Crippen LogP contribution >= 0.6 is 0 Å². The molecule has 7 atom stereocenters. The Hall–Kier alpha value is -0.990. The minimum Gasteiger partial charge on any atom is -0.469 e. The van der Waals surface area contributed by atoms with Crippen LogP contribution < -0.4 is 0 Å². The lowest BCUT2D eigenvalue weighted by Gasteiger charge is -2.47. The average Bonchev–Trinajstić information content (AvgIpc) is 2.51. The lowest BCUT2D eigenvalue weighted by Crippen LogP contribution is -2.63. The van der Waals surface area contributed by atoms with Crippen molar-refractivity contribution >= 4 is 5.97 Å². The number of fused-ring (bicyclic) bond motifs is 1. The summed E-state index contributed by atoms with van der Waals surface area (Å²) in [5.74, 6) is -0.378. The smallest absolute Gasteiger partial charge is 0.308 e. The fourth-order valence-electron chi connectivity index (χ4n) is 3.02. The maximum absolute atomic E-state index is 11.3. The van der Waals surface area contributed by atoms with E-state index in [0.29, 0.717) is 12.8 Å². The Kier molecular flexibility index (Phi) is 5.94. The molecule has 0 unspecified atom stereocenters. The van der Waals surface area contributed by atoms with Crippen LogP contribution in [0.25, 0.3) is 0 Å². The molecule has 0 spiro atoms. The predicted molar refractivity (Wildman–Crippen MR) is 76.0 cm³/mol. The van der Waals surface area contributed by atoms with Crippen molar-refractivity contribution in [2.24, 2.45) is 0 Å². The van der Waals surface area contributed by atoms with Crippen molar-refractivity contribution in [1.82, 2.24) is 0 Å². The number of rotatable bonds is 4. The van der Waals surface area contributed by atoms with Gasteiger partial charge in [0, 0.05) is 0 Å². The number of hydrogen-bond acceptors (Lipinski definition) is 7. The quantitative estimate of drug-likeness (QED) is 0.475. The van der Waals surface area contributed by atoms with Crippen LogP contribution in [0, 0.1) is 0 Å². The van der Waals surface area contributed by atoms with E-state index in [1.165, 1.54) is 13.2 Å². The number of esters is 1. The third-order valence-corrected chi connectivity index (χ3v) is 4.19. The lowest BCUT2D eigenvalue weighted by molar-refractivity contribution is -0.274. The molecule has 2 aliphatic heterocycles. The molecular formula is C15H24O7. The van der Waals surface area contributed by atoms with Crippen LogP contribution in [0.2, 0.25) is 0 Å². The molecule has 0 radical (unpaired) electrons. The summed E-state index contributed by atoms with van der Waals surface area (Å²) in [7, 11) is 1.31. The molecule has 7 heteroatoms. The second kappa shape index (κ2) is 7.52. The maximum atomic E-state index is 11.3. The molecule has 2 aliphatic rings. The fourth-order valence-corrected chi connectivity index (χ4v) is 3.02. The molecule has 2 heterocycles. The summed E-state index contributed by atoms with van der Waals surface area (Å²) in [6, 6.07) is 0. The van der Waals surface area contributed by atoms with Crippen LogP contribution in [0.5, 0.6) is 0 Å². The zero-order chi connectivity index (χ0) is 16.3. The van der Waals surface area contributed by atoms with E-state index < -0.39 is 36.6 Å². The minimum atomic E-state index is -1.26. The van der Waals surface area contributed by atoms with Gasteiger partial charge in [0.05, 0.1) is 25.7 Å². The molecule has 0 aromatic heterocycles. The van der Waals surface area contributed by atoms with Gasteiger partial charge < -0.3 is 29.5 Å². The summed E-state index contributed by atoms with van der Waals surface area (Å²) in [5, 5.41) is 30.4. The number of hydrogen-bond donors (Lipinski definition) is 3. The zero-order valence-corrected chi connectivity index (χ0v) is 12.8. The second-order valence-electron chi connectivity index (χ2n) is 5.72. The van der Waals surface area contributed by atoms with E-state index in [0.717, 1.165) is 0 Å². The van der Waals surface area contributed by atoms with E-state index in [4.69, 9.17) is 9.47 Å². The Morgan fingerprint density at radius 2 is 2.05 bits per heavy atom. The summed E-state index contributed by atoms with van der Waals surface area (Å²) in [6.45, 7) is 1.75. The summed E-state index contributed by atoms with van der Waals surface area (Å²) in [5.41, 5.74) is 0. The first kappa shape index (κ1) is 17.4. The first-order valence-corrected chi connectivity index (χ1v) is 7.52. The summed E-state index contributed by atoms with van der Waals surface area (Å²) < 4.78 is 16.0. The zero-order valence-electron chi connectivity index (χ0n) is 12.8.